The van der Waals surface area contributed by atoms with E-state index in [1.165, 1.54) is 16.4 Å². The summed E-state index contributed by atoms with van der Waals surface area (Å²) in [4.78, 5) is 12.6. The molecule has 0 heterocycles. The summed E-state index contributed by atoms with van der Waals surface area (Å²) in [7, 11) is -3.51. The van der Waals surface area contributed by atoms with Crippen molar-refractivity contribution in [1.29, 1.82) is 0 Å². The molecule has 25 heavy (non-hydrogen) atoms. The van der Waals surface area contributed by atoms with Crippen LogP contribution in [0.25, 0.3) is 0 Å². The van der Waals surface area contributed by atoms with Crippen LogP contribution in [0, 0.1) is 0 Å². The van der Waals surface area contributed by atoms with Gasteiger partial charge in [-0.3, -0.25) is 4.79 Å². The van der Waals surface area contributed by atoms with Crippen molar-refractivity contribution >= 4 is 21.6 Å². The van der Waals surface area contributed by atoms with Gasteiger partial charge in [-0.25, -0.2) is 8.42 Å². The number of carbonyl (C=O) groups excluding carboxylic acids is 1. The summed E-state index contributed by atoms with van der Waals surface area (Å²) in [6.45, 7) is 6.45. The fourth-order valence-electron chi connectivity index (χ4n) is 2.64. The molecule has 1 N–H and O–H groups in total. The second-order valence-corrected chi connectivity index (χ2v) is 7.52. The number of anilines is 1. The molecule has 0 bridgehead atoms. The third-order valence-electron chi connectivity index (χ3n) is 4.11. The Morgan fingerprint density at radius 2 is 1.56 bits per heavy atom. The van der Waals surface area contributed by atoms with Crippen molar-refractivity contribution in [3.05, 3.63) is 59.7 Å². The average molecular weight is 360 g/mol. The van der Waals surface area contributed by atoms with Crippen molar-refractivity contribution in [2.45, 2.75) is 32.1 Å². The Morgan fingerprint density at radius 1 is 0.960 bits per heavy atom. The number of carbonyl (C=O) groups is 1. The summed E-state index contributed by atoms with van der Waals surface area (Å²) < 4.78 is 26.3. The highest BCUT2D eigenvalue weighted by Crippen LogP contribution is 2.19. The number of sulfonamides is 1. The first-order chi connectivity index (χ1) is 11.9. The topological polar surface area (TPSA) is 66.5 Å². The molecule has 2 aromatic rings. The highest BCUT2D eigenvalue weighted by Gasteiger charge is 2.21. The van der Waals surface area contributed by atoms with Gasteiger partial charge in [-0.15, -0.1) is 0 Å². The van der Waals surface area contributed by atoms with Gasteiger partial charge in [0.25, 0.3) is 5.91 Å². The number of hydrogen-bond donors (Lipinski definition) is 1. The van der Waals surface area contributed by atoms with Gasteiger partial charge in [-0.1, -0.05) is 39.0 Å². The summed E-state index contributed by atoms with van der Waals surface area (Å²) in [5.74, 6) is -0.257. The molecular weight excluding hydrogens is 336 g/mol. The lowest BCUT2D eigenvalue weighted by atomic mass is 10.1. The van der Waals surface area contributed by atoms with E-state index in [0.29, 0.717) is 18.7 Å². The molecule has 0 fully saturated rings. The highest BCUT2D eigenvalue weighted by atomic mass is 32.2. The molecule has 1 amide bonds. The summed E-state index contributed by atoms with van der Waals surface area (Å²) in [6.07, 6.45) is 0.817. The average Bonchev–Trinajstić information content (AvgIpc) is 2.63. The van der Waals surface area contributed by atoms with Crippen molar-refractivity contribution in [2.75, 3.05) is 18.4 Å². The number of nitrogens with one attached hydrogen (secondary N) is 1. The molecule has 0 radical (unpaired) electrons. The molecule has 134 valence electrons. The Bertz CT molecular complexity index is 826. The first-order valence-corrected chi connectivity index (χ1v) is 9.87. The first kappa shape index (κ1) is 19.1. The molecule has 0 aliphatic carbocycles. The molecule has 0 unspecified atom stereocenters. The predicted molar refractivity (Wildman–Crippen MR) is 100 cm³/mol. The molecule has 0 aromatic heterocycles. The molecule has 2 rings (SSSR count). The van der Waals surface area contributed by atoms with Crippen LogP contribution >= 0.6 is 0 Å². The lowest BCUT2D eigenvalue weighted by molar-refractivity contribution is 0.102. The molecule has 6 heteroatoms. The van der Waals surface area contributed by atoms with Crippen LogP contribution in [0.5, 0.6) is 0 Å². The van der Waals surface area contributed by atoms with Gasteiger partial charge in [0.05, 0.1) is 4.90 Å². The summed E-state index contributed by atoms with van der Waals surface area (Å²) in [5, 5.41) is 2.88. The zero-order valence-electron chi connectivity index (χ0n) is 14.8. The van der Waals surface area contributed by atoms with Gasteiger partial charge in [-0.2, -0.15) is 4.31 Å². The number of rotatable bonds is 7. The van der Waals surface area contributed by atoms with Crippen molar-refractivity contribution in [3.8, 4) is 0 Å². The van der Waals surface area contributed by atoms with E-state index in [9.17, 15) is 13.2 Å². The molecule has 0 aliphatic rings. The zero-order chi connectivity index (χ0) is 18.4. The van der Waals surface area contributed by atoms with Crippen LogP contribution in [0.15, 0.2) is 53.4 Å². The number of para-hydroxylation sites is 1. The molecule has 0 atom stereocenters. The molecule has 0 spiro atoms. The first-order valence-electron chi connectivity index (χ1n) is 8.43. The smallest absolute Gasteiger partial charge is 0.255 e. The normalized spacial score (nSPS) is 11.5. The second-order valence-electron chi connectivity index (χ2n) is 5.58. The standard InChI is InChI=1S/C19H24N2O3S/c1-4-15-9-7-8-10-18(15)20-19(22)16-11-13-17(14-12-16)25(23,24)21(5-2)6-3/h7-14H,4-6H2,1-3H3,(H,20,22). The molecular formula is C19H24N2O3S. The predicted octanol–water partition coefficient (Wildman–Crippen LogP) is 3.53. The molecule has 5 nitrogen and oxygen atoms in total. The summed E-state index contributed by atoms with van der Waals surface area (Å²) >= 11 is 0. The fraction of sp³-hybridized carbons (Fsp3) is 0.316. The monoisotopic (exact) mass is 360 g/mol. The minimum absolute atomic E-state index is 0.196. The number of hydrogen-bond acceptors (Lipinski definition) is 3. The Balaban J connectivity index is 2.21. The number of amides is 1. The Hall–Kier alpha value is -2.18. The van der Waals surface area contributed by atoms with Gasteiger partial charge in [0.2, 0.25) is 10.0 Å². The van der Waals surface area contributed by atoms with Crippen molar-refractivity contribution in [1.82, 2.24) is 4.31 Å². The second kappa shape index (κ2) is 8.27. The Morgan fingerprint density at radius 3 is 2.12 bits per heavy atom. The lowest BCUT2D eigenvalue weighted by Gasteiger charge is -2.18. The minimum Gasteiger partial charge on any atom is -0.322 e. The number of nitrogens with zero attached hydrogens (tertiary/aromatic N) is 1. The van der Waals surface area contributed by atoms with Crippen LogP contribution in [0.1, 0.15) is 36.7 Å². The van der Waals surface area contributed by atoms with E-state index in [1.54, 1.807) is 26.0 Å². The largest absolute Gasteiger partial charge is 0.322 e. The van der Waals surface area contributed by atoms with E-state index in [2.05, 4.69) is 5.32 Å². The number of aryl methyl sites for hydroxylation is 1. The van der Waals surface area contributed by atoms with Gasteiger partial charge in [0, 0.05) is 24.3 Å². The maximum absolute atomic E-state index is 12.5. The van der Waals surface area contributed by atoms with Gasteiger partial charge in [-0.05, 0) is 42.3 Å². The van der Waals surface area contributed by atoms with Gasteiger partial charge < -0.3 is 5.32 Å². The van der Waals surface area contributed by atoms with Crippen LogP contribution in [-0.2, 0) is 16.4 Å². The van der Waals surface area contributed by atoms with Crippen molar-refractivity contribution in [2.24, 2.45) is 0 Å². The van der Waals surface area contributed by atoms with E-state index < -0.39 is 10.0 Å². The third kappa shape index (κ3) is 4.27. The maximum Gasteiger partial charge on any atom is 0.255 e. The van der Waals surface area contributed by atoms with Crippen LogP contribution in [0.3, 0.4) is 0 Å². The Kier molecular flexibility index (Phi) is 6.33. The van der Waals surface area contributed by atoms with Crippen LogP contribution in [-0.4, -0.2) is 31.7 Å². The van der Waals surface area contributed by atoms with Gasteiger partial charge >= 0.3 is 0 Å². The third-order valence-corrected chi connectivity index (χ3v) is 6.17. The summed E-state index contributed by atoms with van der Waals surface area (Å²) in [5.41, 5.74) is 2.25. The lowest BCUT2D eigenvalue weighted by Crippen LogP contribution is -2.30. The number of benzene rings is 2. The van der Waals surface area contributed by atoms with E-state index in [4.69, 9.17) is 0 Å². The van der Waals surface area contributed by atoms with Gasteiger partial charge in [0.1, 0.15) is 0 Å². The fourth-order valence-corrected chi connectivity index (χ4v) is 4.09. The molecule has 0 saturated heterocycles. The van der Waals surface area contributed by atoms with Crippen LogP contribution in [0.4, 0.5) is 5.69 Å². The van der Waals surface area contributed by atoms with E-state index >= 15 is 0 Å². The summed E-state index contributed by atoms with van der Waals surface area (Å²) in [6, 6.07) is 13.7. The van der Waals surface area contributed by atoms with E-state index in [1.807, 2.05) is 31.2 Å². The molecule has 2 aromatic carbocycles. The quantitative estimate of drug-likeness (QED) is 0.821. The van der Waals surface area contributed by atoms with Gasteiger partial charge in [0.15, 0.2) is 0 Å². The zero-order valence-corrected chi connectivity index (χ0v) is 15.6. The maximum atomic E-state index is 12.5. The van der Waals surface area contributed by atoms with Crippen molar-refractivity contribution < 1.29 is 13.2 Å². The molecule has 0 saturated carbocycles. The van der Waals surface area contributed by atoms with Crippen LogP contribution < -0.4 is 5.32 Å². The SMILES string of the molecule is CCc1ccccc1NC(=O)c1ccc(S(=O)(=O)N(CC)CC)cc1. The Labute approximate surface area is 149 Å². The van der Waals surface area contributed by atoms with Crippen LogP contribution in [0.2, 0.25) is 0 Å². The van der Waals surface area contributed by atoms with Crippen molar-refractivity contribution in [3.63, 3.8) is 0 Å². The van der Waals surface area contributed by atoms with E-state index in [-0.39, 0.29) is 10.8 Å². The van der Waals surface area contributed by atoms with E-state index in [0.717, 1.165) is 17.7 Å². The molecule has 0 aliphatic heterocycles. The minimum atomic E-state index is -3.51. The highest BCUT2D eigenvalue weighted by molar-refractivity contribution is 7.89.